The van der Waals surface area contributed by atoms with Gasteiger partial charge >= 0.3 is 0 Å². The largest absolute Gasteiger partial charge is 0.310 e. The summed E-state index contributed by atoms with van der Waals surface area (Å²) in [6.45, 7) is 1.97. The van der Waals surface area contributed by atoms with Crippen LogP contribution in [0.5, 0.6) is 0 Å². The zero-order chi connectivity index (χ0) is 14.7. The lowest BCUT2D eigenvalue weighted by atomic mass is 10.1. The number of aryl methyl sites for hydroxylation is 1. The molecule has 2 aromatic carbocycles. The first-order valence-electron chi connectivity index (χ1n) is 6.08. The number of hydrogen-bond acceptors (Lipinski definition) is 2. The molecule has 0 atom stereocenters. The maximum absolute atomic E-state index is 12.6. The monoisotopic (exact) mass is 376 g/mol. The van der Waals surface area contributed by atoms with Crippen LogP contribution in [0.15, 0.2) is 42.5 Å². The molecule has 2 rings (SSSR count). The highest BCUT2D eigenvalue weighted by molar-refractivity contribution is 14.1. The van der Waals surface area contributed by atoms with Crippen molar-refractivity contribution >= 4 is 34.2 Å². The molecule has 4 heteroatoms. The Morgan fingerprint density at radius 3 is 2.60 bits per heavy atom. The third-order valence-corrected chi connectivity index (χ3v) is 4.54. The number of anilines is 1. The molecule has 0 aliphatic rings. The summed E-state index contributed by atoms with van der Waals surface area (Å²) in [4.78, 5) is 14.1. The summed E-state index contributed by atoms with van der Waals surface area (Å²) in [7, 11) is 1.69. The minimum absolute atomic E-state index is 0.110. The third kappa shape index (κ3) is 2.68. The second-order valence-electron chi connectivity index (χ2n) is 4.43. The van der Waals surface area contributed by atoms with Gasteiger partial charge in [0.15, 0.2) is 0 Å². The molecule has 0 aromatic heterocycles. The Labute approximate surface area is 132 Å². The van der Waals surface area contributed by atoms with Crippen molar-refractivity contribution in [2.75, 3.05) is 11.9 Å². The van der Waals surface area contributed by atoms with E-state index in [4.69, 9.17) is 5.26 Å². The lowest BCUT2D eigenvalue weighted by Crippen LogP contribution is -2.27. The van der Waals surface area contributed by atoms with E-state index < -0.39 is 0 Å². The SMILES string of the molecule is Cc1cccc(C(=O)N(C)c2ccccc2C#N)c1I. The van der Waals surface area contributed by atoms with Gasteiger partial charge in [0.05, 0.1) is 16.8 Å². The molecule has 0 bridgehead atoms. The van der Waals surface area contributed by atoms with Crippen LogP contribution in [0.1, 0.15) is 21.5 Å². The molecule has 0 saturated carbocycles. The Bertz CT molecular complexity index is 704. The molecule has 0 unspecified atom stereocenters. The number of halogens is 1. The van der Waals surface area contributed by atoms with E-state index in [-0.39, 0.29) is 5.91 Å². The van der Waals surface area contributed by atoms with Gasteiger partial charge in [0.25, 0.3) is 5.91 Å². The van der Waals surface area contributed by atoms with E-state index in [1.54, 1.807) is 25.2 Å². The number of rotatable bonds is 2. The van der Waals surface area contributed by atoms with Crippen LogP contribution in [0.25, 0.3) is 0 Å². The van der Waals surface area contributed by atoms with E-state index in [0.29, 0.717) is 16.8 Å². The van der Waals surface area contributed by atoms with E-state index in [9.17, 15) is 4.79 Å². The fraction of sp³-hybridized carbons (Fsp3) is 0.125. The van der Waals surface area contributed by atoms with E-state index in [1.165, 1.54) is 4.90 Å². The van der Waals surface area contributed by atoms with Crippen molar-refractivity contribution < 1.29 is 4.79 Å². The fourth-order valence-electron chi connectivity index (χ4n) is 1.96. The maximum Gasteiger partial charge on any atom is 0.259 e. The molecule has 0 fully saturated rings. The first kappa shape index (κ1) is 14.5. The number of carbonyl (C=O) groups is 1. The molecule has 0 aliphatic heterocycles. The molecular weight excluding hydrogens is 363 g/mol. The maximum atomic E-state index is 12.6. The first-order chi connectivity index (χ1) is 9.56. The summed E-state index contributed by atoms with van der Waals surface area (Å²) < 4.78 is 0.941. The Kier molecular flexibility index (Phi) is 4.40. The fourth-order valence-corrected chi connectivity index (χ4v) is 2.55. The minimum Gasteiger partial charge on any atom is -0.310 e. The average Bonchev–Trinajstić information content (AvgIpc) is 2.48. The Balaban J connectivity index is 2.44. The Hall–Kier alpha value is -1.87. The summed E-state index contributed by atoms with van der Waals surface area (Å²) in [5, 5.41) is 9.13. The lowest BCUT2D eigenvalue weighted by Gasteiger charge is -2.19. The summed E-state index contributed by atoms with van der Waals surface area (Å²) >= 11 is 2.18. The van der Waals surface area contributed by atoms with Gasteiger partial charge in [0, 0.05) is 10.6 Å². The van der Waals surface area contributed by atoms with Gasteiger partial charge in [-0.2, -0.15) is 5.26 Å². The van der Waals surface area contributed by atoms with E-state index >= 15 is 0 Å². The zero-order valence-electron chi connectivity index (χ0n) is 11.2. The van der Waals surface area contributed by atoms with E-state index in [1.807, 2.05) is 31.2 Å². The van der Waals surface area contributed by atoms with Crippen LogP contribution >= 0.6 is 22.6 Å². The van der Waals surface area contributed by atoms with Crippen molar-refractivity contribution in [3.05, 3.63) is 62.7 Å². The molecule has 0 N–H and O–H groups in total. The quantitative estimate of drug-likeness (QED) is 0.750. The van der Waals surface area contributed by atoms with Gasteiger partial charge in [-0.15, -0.1) is 0 Å². The number of para-hydroxylation sites is 1. The number of hydrogen-bond donors (Lipinski definition) is 0. The van der Waals surface area contributed by atoms with Crippen molar-refractivity contribution in [1.82, 2.24) is 0 Å². The highest BCUT2D eigenvalue weighted by atomic mass is 127. The van der Waals surface area contributed by atoms with Crippen LogP contribution in [-0.2, 0) is 0 Å². The molecule has 2 aromatic rings. The van der Waals surface area contributed by atoms with Crippen molar-refractivity contribution in [3.63, 3.8) is 0 Å². The van der Waals surface area contributed by atoms with Gasteiger partial charge in [0.1, 0.15) is 6.07 Å². The third-order valence-electron chi connectivity index (χ3n) is 3.11. The van der Waals surface area contributed by atoms with Crippen molar-refractivity contribution in [2.45, 2.75) is 6.92 Å². The molecular formula is C16H13IN2O. The number of nitrogens with zero attached hydrogens (tertiary/aromatic N) is 2. The standard InChI is InChI=1S/C16H13IN2O/c1-11-6-5-8-13(15(11)17)16(20)19(2)14-9-4-3-7-12(14)10-18/h3-9H,1-2H3. The second-order valence-corrected chi connectivity index (χ2v) is 5.51. The van der Waals surface area contributed by atoms with Crippen LogP contribution in [0, 0.1) is 21.8 Å². The Morgan fingerprint density at radius 1 is 1.20 bits per heavy atom. The van der Waals surface area contributed by atoms with E-state index in [2.05, 4.69) is 28.7 Å². The highest BCUT2D eigenvalue weighted by Gasteiger charge is 2.18. The number of benzene rings is 2. The Morgan fingerprint density at radius 2 is 1.90 bits per heavy atom. The number of amides is 1. The molecule has 100 valence electrons. The normalized spacial score (nSPS) is 9.90. The van der Waals surface area contributed by atoms with Crippen molar-refractivity contribution in [2.24, 2.45) is 0 Å². The summed E-state index contributed by atoms with van der Waals surface area (Å²) in [5.41, 5.74) is 2.84. The lowest BCUT2D eigenvalue weighted by molar-refractivity contribution is 0.0992. The molecule has 0 radical (unpaired) electrons. The number of nitriles is 1. The molecule has 0 spiro atoms. The molecule has 0 saturated heterocycles. The van der Waals surface area contributed by atoms with E-state index in [0.717, 1.165) is 9.13 Å². The topological polar surface area (TPSA) is 44.1 Å². The predicted octanol–water partition coefficient (Wildman–Crippen LogP) is 3.75. The molecule has 0 aliphatic carbocycles. The van der Waals surface area contributed by atoms with Crippen LogP contribution in [0.4, 0.5) is 5.69 Å². The second kappa shape index (κ2) is 6.06. The van der Waals surface area contributed by atoms with Gasteiger partial charge in [-0.1, -0.05) is 24.3 Å². The van der Waals surface area contributed by atoms with Gasteiger partial charge in [-0.3, -0.25) is 4.79 Å². The van der Waals surface area contributed by atoms with Gasteiger partial charge in [-0.05, 0) is 53.3 Å². The van der Waals surface area contributed by atoms with Crippen LogP contribution in [0.2, 0.25) is 0 Å². The molecule has 3 nitrogen and oxygen atoms in total. The summed E-state index contributed by atoms with van der Waals surface area (Å²) in [5.74, 6) is -0.110. The minimum atomic E-state index is -0.110. The van der Waals surface area contributed by atoms with Crippen LogP contribution in [-0.4, -0.2) is 13.0 Å². The molecule has 0 heterocycles. The number of carbonyl (C=O) groups excluding carboxylic acids is 1. The van der Waals surface area contributed by atoms with Crippen LogP contribution in [0.3, 0.4) is 0 Å². The predicted molar refractivity (Wildman–Crippen MR) is 87.8 cm³/mol. The zero-order valence-corrected chi connectivity index (χ0v) is 13.4. The molecule has 1 amide bonds. The van der Waals surface area contributed by atoms with Gasteiger partial charge in [-0.25, -0.2) is 0 Å². The molecule has 20 heavy (non-hydrogen) atoms. The smallest absolute Gasteiger partial charge is 0.259 e. The van der Waals surface area contributed by atoms with Gasteiger partial charge in [0.2, 0.25) is 0 Å². The van der Waals surface area contributed by atoms with Crippen LogP contribution < -0.4 is 4.90 Å². The summed E-state index contributed by atoms with van der Waals surface area (Å²) in [6, 6.07) is 14.9. The highest BCUT2D eigenvalue weighted by Crippen LogP contribution is 2.23. The summed E-state index contributed by atoms with van der Waals surface area (Å²) in [6.07, 6.45) is 0. The van der Waals surface area contributed by atoms with Crippen molar-refractivity contribution in [1.29, 1.82) is 5.26 Å². The first-order valence-corrected chi connectivity index (χ1v) is 7.16. The van der Waals surface area contributed by atoms with Crippen molar-refractivity contribution in [3.8, 4) is 6.07 Å². The van der Waals surface area contributed by atoms with Gasteiger partial charge < -0.3 is 4.90 Å². The average molecular weight is 376 g/mol.